The average Bonchev–Trinajstić information content (AvgIpc) is 2.59. The molecule has 1 N–H and O–H groups in total. The van der Waals surface area contributed by atoms with Crippen LogP contribution in [0.2, 0.25) is 0 Å². The Balaban J connectivity index is 2.58. The molecule has 17 heavy (non-hydrogen) atoms. The van der Waals surface area contributed by atoms with Gasteiger partial charge in [-0.05, 0) is 42.3 Å². The van der Waals surface area contributed by atoms with Crippen molar-refractivity contribution in [1.82, 2.24) is 9.97 Å². The van der Waals surface area contributed by atoms with E-state index in [-0.39, 0.29) is 5.56 Å². The fraction of sp³-hybridized carbons (Fsp3) is 0.333. The van der Waals surface area contributed by atoms with Gasteiger partial charge in [0.2, 0.25) is 0 Å². The first-order chi connectivity index (χ1) is 8.02. The van der Waals surface area contributed by atoms with Crippen molar-refractivity contribution in [2.75, 3.05) is 0 Å². The largest absolute Gasteiger partial charge is 0.306 e. The Hall–Kier alpha value is -0.940. The Kier molecular flexibility index (Phi) is 3.49. The lowest BCUT2D eigenvalue weighted by Crippen LogP contribution is -2.16. The molecule has 2 heterocycles. The van der Waals surface area contributed by atoms with Gasteiger partial charge in [0.1, 0.15) is 0 Å². The number of halogens is 1. The molecule has 0 aromatic carbocycles. The summed E-state index contributed by atoms with van der Waals surface area (Å²) in [6.07, 6.45) is 0.710. The molecule has 0 aliphatic heterocycles. The Bertz CT molecular complexity index is 596. The lowest BCUT2D eigenvalue weighted by atomic mass is 10.2. The van der Waals surface area contributed by atoms with E-state index in [1.165, 1.54) is 4.88 Å². The maximum atomic E-state index is 11.9. The Morgan fingerprint density at radius 3 is 2.65 bits per heavy atom. The summed E-state index contributed by atoms with van der Waals surface area (Å²) in [5, 5.41) is 0. The number of nitrogens with one attached hydrogen (secondary N) is 1. The molecule has 0 amide bonds. The van der Waals surface area contributed by atoms with Crippen molar-refractivity contribution in [3.8, 4) is 10.7 Å². The number of rotatable bonds is 2. The molecule has 0 saturated carbocycles. The molecule has 2 aromatic rings. The van der Waals surface area contributed by atoms with E-state index in [0.29, 0.717) is 12.2 Å². The molecule has 0 spiro atoms. The van der Waals surface area contributed by atoms with Gasteiger partial charge in [0.25, 0.3) is 5.56 Å². The predicted octanol–water partition coefficient (Wildman–Crippen LogP) is 3.44. The van der Waals surface area contributed by atoms with Crippen LogP contribution >= 0.6 is 27.3 Å². The van der Waals surface area contributed by atoms with Crippen molar-refractivity contribution in [1.29, 1.82) is 0 Å². The standard InChI is InChI=1S/C12H13BrN2OS/c1-4-8-6(2)14-11(15-12(8)16)10-5-9(13)7(3)17-10/h5H,4H2,1-3H3,(H,14,15,16). The van der Waals surface area contributed by atoms with Crippen LogP contribution < -0.4 is 5.56 Å². The van der Waals surface area contributed by atoms with Crippen LogP contribution in [0.25, 0.3) is 10.7 Å². The minimum absolute atomic E-state index is 0.0304. The average molecular weight is 313 g/mol. The van der Waals surface area contributed by atoms with E-state index >= 15 is 0 Å². The number of aryl methyl sites for hydroxylation is 2. The quantitative estimate of drug-likeness (QED) is 0.923. The Morgan fingerprint density at radius 2 is 2.18 bits per heavy atom. The van der Waals surface area contributed by atoms with E-state index in [0.717, 1.165) is 20.6 Å². The van der Waals surface area contributed by atoms with E-state index in [2.05, 4.69) is 25.9 Å². The maximum Gasteiger partial charge on any atom is 0.254 e. The second kappa shape index (κ2) is 4.74. The van der Waals surface area contributed by atoms with E-state index in [1.807, 2.05) is 26.8 Å². The summed E-state index contributed by atoms with van der Waals surface area (Å²) in [5.41, 5.74) is 1.55. The van der Waals surface area contributed by atoms with Gasteiger partial charge in [-0.25, -0.2) is 4.98 Å². The summed E-state index contributed by atoms with van der Waals surface area (Å²) >= 11 is 5.09. The summed E-state index contributed by atoms with van der Waals surface area (Å²) in [4.78, 5) is 21.3. The molecule has 0 radical (unpaired) electrons. The first-order valence-electron chi connectivity index (χ1n) is 5.39. The molecular weight excluding hydrogens is 300 g/mol. The molecule has 90 valence electrons. The topological polar surface area (TPSA) is 45.8 Å². The number of nitrogens with zero attached hydrogens (tertiary/aromatic N) is 1. The molecule has 0 atom stereocenters. The summed E-state index contributed by atoms with van der Waals surface area (Å²) in [6, 6.07) is 1.99. The third-order valence-corrected chi connectivity index (χ3v) is 4.81. The van der Waals surface area contributed by atoms with Crippen molar-refractivity contribution in [2.24, 2.45) is 0 Å². The molecule has 2 rings (SSSR count). The third kappa shape index (κ3) is 2.35. The zero-order valence-corrected chi connectivity index (χ0v) is 12.3. The van der Waals surface area contributed by atoms with Gasteiger partial charge >= 0.3 is 0 Å². The molecular formula is C12H13BrN2OS. The van der Waals surface area contributed by atoms with Gasteiger partial charge in [0.15, 0.2) is 5.82 Å². The first-order valence-corrected chi connectivity index (χ1v) is 7.00. The number of H-pyrrole nitrogens is 1. The van der Waals surface area contributed by atoms with Crippen LogP contribution in [0.5, 0.6) is 0 Å². The highest BCUT2D eigenvalue weighted by Crippen LogP contribution is 2.31. The van der Waals surface area contributed by atoms with E-state index in [1.54, 1.807) is 11.3 Å². The fourth-order valence-corrected chi connectivity index (χ4v) is 3.20. The zero-order chi connectivity index (χ0) is 12.6. The zero-order valence-electron chi connectivity index (χ0n) is 9.93. The van der Waals surface area contributed by atoms with Crippen LogP contribution in [0.15, 0.2) is 15.3 Å². The van der Waals surface area contributed by atoms with Crippen LogP contribution in [0.3, 0.4) is 0 Å². The van der Waals surface area contributed by atoms with Gasteiger partial charge in [-0.1, -0.05) is 6.92 Å². The SMILES string of the molecule is CCc1c(C)nc(-c2cc(Br)c(C)s2)[nH]c1=O. The van der Waals surface area contributed by atoms with E-state index in [9.17, 15) is 4.79 Å². The highest BCUT2D eigenvalue weighted by atomic mass is 79.9. The Morgan fingerprint density at radius 1 is 1.47 bits per heavy atom. The van der Waals surface area contributed by atoms with Gasteiger partial charge in [-0.3, -0.25) is 4.79 Å². The van der Waals surface area contributed by atoms with Gasteiger partial charge in [-0.2, -0.15) is 0 Å². The van der Waals surface area contributed by atoms with Crippen LogP contribution in [0.4, 0.5) is 0 Å². The number of hydrogen-bond donors (Lipinski definition) is 1. The van der Waals surface area contributed by atoms with Crippen molar-refractivity contribution in [2.45, 2.75) is 27.2 Å². The lowest BCUT2D eigenvalue weighted by Gasteiger charge is -2.03. The molecule has 0 saturated heterocycles. The predicted molar refractivity (Wildman–Crippen MR) is 74.7 cm³/mol. The smallest absolute Gasteiger partial charge is 0.254 e. The summed E-state index contributed by atoms with van der Waals surface area (Å²) in [6.45, 7) is 5.88. The van der Waals surface area contributed by atoms with E-state index < -0.39 is 0 Å². The number of hydrogen-bond acceptors (Lipinski definition) is 3. The summed E-state index contributed by atoms with van der Waals surface area (Å²) in [5.74, 6) is 0.656. The summed E-state index contributed by atoms with van der Waals surface area (Å²) < 4.78 is 1.05. The van der Waals surface area contributed by atoms with Crippen molar-refractivity contribution < 1.29 is 0 Å². The third-order valence-electron chi connectivity index (χ3n) is 2.67. The first kappa shape index (κ1) is 12.5. The molecule has 0 unspecified atom stereocenters. The molecule has 5 heteroatoms. The number of aromatic nitrogens is 2. The van der Waals surface area contributed by atoms with Crippen LogP contribution in [-0.2, 0) is 6.42 Å². The van der Waals surface area contributed by atoms with E-state index in [4.69, 9.17) is 0 Å². The van der Waals surface area contributed by atoms with Crippen molar-refractivity contribution in [3.05, 3.63) is 37.0 Å². The van der Waals surface area contributed by atoms with Gasteiger partial charge < -0.3 is 4.98 Å². The minimum atomic E-state index is -0.0304. The molecule has 2 aromatic heterocycles. The second-order valence-corrected chi connectivity index (χ2v) is 5.96. The molecule has 0 aliphatic carbocycles. The van der Waals surface area contributed by atoms with Crippen molar-refractivity contribution in [3.63, 3.8) is 0 Å². The van der Waals surface area contributed by atoms with Gasteiger partial charge in [0, 0.05) is 20.6 Å². The monoisotopic (exact) mass is 312 g/mol. The van der Waals surface area contributed by atoms with Crippen molar-refractivity contribution >= 4 is 27.3 Å². The van der Waals surface area contributed by atoms with Crippen LogP contribution in [0, 0.1) is 13.8 Å². The number of thiophene rings is 1. The second-order valence-electron chi connectivity index (χ2n) is 3.85. The highest BCUT2D eigenvalue weighted by molar-refractivity contribution is 9.10. The summed E-state index contributed by atoms with van der Waals surface area (Å²) in [7, 11) is 0. The highest BCUT2D eigenvalue weighted by Gasteiger charge is 2.11. The van der Waals surface area contributed by atoms with Crippen LogP contribution in [-0.4, -0.2) is 9.97 Å². The Labute approximate surface area is 112 Å². The molecule has 0 fully saturated rings. The normalized spacial score (nSPS) is 10.8. The van der Waals surface area contributed by atoms with Gasteiger partial charge in [-0.15, -0.1) is 11.3 Å². The van der Waals surface area contributed by atoms with Gasteiger partial charge in [0.05, 0.1) is 4.88 Å². The lowest BCUT2D eigenvalue weighted by molar-refractivity contribution is 0.970. The van der Waals surface area contributed by atoms with Crippen LogP contribution in [0.1, 0.15) is 23.1 Å². The molecule has 0 bridgehead atoms. The molecule has 3 nitrogen and oxygen atoms in total. The number of aromatic amines is 1. The maximum absolute atomic E-state index is 11.9. The molecule has 0 aliphatic rings. The fourth-order valence-electron chi connectivity index (χ4n) is 1.72. The minimum Gasteiger partial charge on any atom is -0.306 e.